The lowest BCUT2D eigenvalue weighted by Gasteiger charge is -2.20. The molecule has 0 aromatic heterocycles. The number of carbonyl (C=O) groups is 2. The average molecular weight is 439 g/mol. The minimum Gasteiger partial charge on any atom is -0.491 e. The van der Waals surface area contributed by atoms with E-state index in [-0.39, 0.29) is 13.2 Å². The van der Waals surface area contributed by atoms with Crippen LogP contribution >= 0.6 is 0 Å². The molecule has 0 fully saturated rings. The summed E-state index contributed by atoms with van der Waals surface area (Å²) >= 11 is 0. The predicted octanol–water partition coefficient (Wildman–Crippen LogP) is 3.80. The van der Waals surface area contributed by atoms with Crippen molar-refractivity contribution in [3.8, 4) is 5.75 Å². The van der Waals surface area contributed by atoms with E-state index in [0.29, 0.717) is 12.3 Å². The fraction of sp³-hybridized carbons (Fsp3) is 0.652. The van der Waals surface area contributed by atoms with Gasteiger partial charge in [-0.2, -0.15) is 0 Å². The highest BCUT2D eigenvalue weighted by atomic mass is 16.6. The van der Waals surface area contributed by atoms with Gasteiger partial charge in [-0.3, -0.25) is 0 Å². The Bertz CT molecular complexity index is 677. The lowest BCUT2D eigenvalue weighted by atomic mass is 10.1. The summed E-state index contributed by atoms with van der Waals surface area (Å²) in [5.41, 5.74) is 0.0947. The number of unbranched alkanes of at least 4 members (excludes halogenated alkanes) is 1. The van der Waals surface area contributed by atoms with Crippen LogP contribution in [0.3, 0.4) is 0 Å². The molecule has 1 atom stereocenters. The number of benzene rings is 1. The van der Waals surface area contributed by atoms with Crippen molar-refractivity contribution in [1.29, 1.82) is 0 Å². The monoisotopic (exact) mass is 438 g/mol. The lowest BCUT2D eigenvalue weighted by molar-refractivity contribution is 0.0461. The standard InChI is InChI=1S/C23H38N2O6/c1-22(2,3)30-20(27)24-14-8-7-9-17-10-12-19(13-11-17)29-16-18(26)15-25-21(28)31-23(4,5)6/h10-13,18,26H,7-9,14-16H2,1-6H3,(H,24,27)(H,25,28). The molecule has 0 aliphatic rings. The van der Waals surface area contributed by atoms with Crippen LogP contribution in [0.25, 0.3) is 0 Å². The van der Waals surface area contributed by atoms with Crippen LogP contribution in [-0.2, 0) is 15.9 Å². The number of aliphatic hydroxyl groups is 1. The van der Waals surface area contributed by atoms with Crippen molar-refractivity contribution in [2.75, 3.05) is 19.7 Å². The third kappa shape index (κ3) is 14.2. The number of carbonyl (C=O) groups excluding carboxylic acids is 2. The number of nitrogens with one attached hydrogen (secondary N) is 2. The maximum absolute atomic E-state index is 11.6. The molecule has 0 aliphatic heterocycles. The minimum atomic E-state index is -0.843. The van der Waals surface area contributed by atoms with E-state index in [2.05, 4.69) is 10.6 Å². The van der Waals surface area contributed by atoms with Crippen molar-refractivity contribution in [1.82, 2.24) is 10.6 Å². The first-order valence-electron chi connectivity index (χ1n) is 10.7. The molecule has 1 aromatic carbocycles. The van der Waals surface area contributed by atoms with Crippen molar-refractivity contribution in [3.05, 3.63) is 29.8 Å². The average Bonchev–Trinajstić information content (AvgIpc) is 2.62. The molecule has 8 nitrogen and oxygen atoms in total. The van der Waals surface area contributed by atoms with Crippen LogP contribution in [0.2, 0.25) is 0 Å². The van der Waals surface area contributed by atoms with E-state index in [9.17, 15) is 14.7 Å². The Morgan fingerprint density at radius 1 is 0.903 bits per heavy atom. The smallest absolute Gasteiger partial charge is 0.407 e. The SMILES string of the molecule is CC(C)(C)OC(=O)NCCCCc1ccc(OCC(O)CNC(=O)OC(C)(C)C)cc1. The van der Waals surface area contributed by atoms with Gasteiger partial charge >= 0.3 is 12.2 Å². The fourth-order valence-electron chi connectivity index (χ4n) is 2.48. The van der Waals surface area contributed by atoms with Gasteiger partial charge in [0.05, 0.1) is 6.54 Å². The van der Waals surface area contributed by atoms with Crippen molar-refractivity contribution in [3.63, 3.8) is 0 Å². The van der Waals surface area contributed by atoms with Crippen LogP contribution in [0, 0.1) is 0 Å². The predicted molar refractivity (Wildman–Crippen MR) is 119 cm³/mol. The van der Waals surface area contributed by atoms with Gasteiger partial charge in [0.25, 0.3) is 0 Å². The lowest BCUT2D eigenvalue weighted by Crippen LogP contribution is -2.38. The molecule has 1 unspecified atom stereocenters. The second-order valence-corrected chi connectivity index (χ2v) is 9.38. The molecule has 31 heavy (non-hydrogen) atoms. The number of aliphatic hydroxyl groups excluding tert-OH is 1. The molecule has 0 spiro atoms. The van der Waals surface area contributed by atoms with Gasteiger partial charge in [-0.05, 0) is 78.5 Å². The molecule has 176 valence electrons. The highest BCUT2D eigenvalue weighted by molar-refractivity contribution is 5.67. The van der Waals surface area contributed by atoms with Gasteiger partial charge in [0, 0.05) is 6.54 Å². The molecule has 2 amide bonds. The van der Waals surface area contributed by atoms with Gasteiger partial charge in [-0.25, -0.2) is 9.59 Å². The summed E-state index contributed by atoms with van der Waals surface area (Å²) in [5.74, 6) is 0.645. The van der Waals surface area contributed by atoms with Crippen LogP contribution in [0.4, 0.5) is 9.59 Å². The maximum atomic E-state index is 11.6. The second kappa shape index (κ2) is 12.4. The van der Waals surface area contributed by atoms with Gasteiger partial charge in [0.1, 0.15) is 29.7 Å². The topological polar surface area (TPSA) is 106 Å². The van der Waals surface area contributed by atoms with Crippen molar-refractivity contribution >= 4 is 12.2 Å². The van der Waals surface area contributed by atoms with Crippen LogP contribution in [0.15, 0.2) is 24.3 Å². The summed E-state index contributed by atoms with van der Waals surface area (Å²) in [4.78, 5) is 23.2. The molecule has 0 saturated heterocycles. The highest BCUT2D eigenvalue weighted by Crippen LogP contribution is 2.14. The molecule has 0 radical (unpaired) electrons. The van der Waals surface area contributed by atoms with Crippen molar-refractivity contribution < 1.29 is 28.9 Å². The van der Waals surface area contributed by atoms with Crippen molar-refractivity contribution in [2.45, 2.75) is 78.1 Å². The molecule has 3 N–H and O–H groups in total. The first-order valence-corrected chi connectivity index (χ1v) is 10.7. The summed E-state index contributed by atoms with van der Waals surface area (Å²) in [6.45, 7) is 11.5. The molecule has 0 saturated carbocycles. The van der Waals surface area contributed by atoms with E-state index in [1.807, 2.05) is 45.0 Å². The summed E-state index contributed by atoms with van der Waals surface area (Å²) < 4.78 is 15.9. The summed E-state index contributed by atoms with van der Waals surface area (Å²) in [6.07, 6.45) is 0.873. The van der Waals surface area contributed by atoms with Crippen molar-refractivity contribution in [2.24, 2.45) is 0 Å². The van der Waals surface area contributed by atoms with Gasteiger partial charge in [-0.15, -0.1) is 0 Å². The highest BCUT2D eigenvalue weighted by Gasteiger charge is 2.17. The number of aryl methyl sites for hydroxylation is 1. The van der Waals surface area contributed by atoms with E-state index >= 15 is 0 Å². The van der Waals surface area contributed by atoms with Crippen LogP contribution in [0.1, 0.15) is 59.9 Å². The Hall–Kier alpha value is -2.48. The Morgan fingerprint density at radius 3 is 2.00 bits per heavy atom. The van der Waals surface area contributed by atoms with Crippen LogP contribution < -0.4 is 15.4 Å². The summed E-state index contributed by atoms with van der Waals surface area (Å²) in [6, 6.07) is 7.65. The molecule has 0 bridgehead atoms. The third-order valence-electron chi connectivity index (χ3n) is 3.81. The van der Waals surface area contributed by atoms with E-state index in [0.717, 1.165) is 24.8 Å². The summed E-state index contributed by atoms with van der Waals surface area (Å²) in [5, 5.41) is 15.2. The molecule has 0 aliphatic carbocycles. The number of alkyl carbamates (subject to hydrolysis) is 2. The largest absolute Gasteiger partial charge is 0.491 e. The van der Waals surface area contributed by atoms with Gasteiger partial charge < -0.3 is 30.0 Å². The Balaban J connectivity index is 2.21. The quantitative estimate of drug-likeness (QED) is 0.480. The number of amides is 2. The van der Waals surface area contributed by atoms with E-state index in [4.69, 9.17) is 14.2 Å². The minimum absolute atomic E-state index is 0.0460. The van der Waals surface area contributed by atoms with Crippen LogP contribution in [0.5, 0.6) is 5.75 Å². The van der Waals surface area contributed by atoms with Gasteiger partial charge in [-0.1, -0.05) is 12.1 Å². The second-order valence-electron chi connectivity index (χ2n) is 9.38. The molecule has 0 heterocycles. The number of rotatable bonds is 10. The van der Waals surface area contributed by atoms with Gasteiger partial charge in [0.2, 0.25) is 0 Å². The zero-order valence-corrected chi connectivity index (χ0v) is 19.6. The third-order valence-corrected chi connectivity index (χ3v) is 3.81. The van der Waals surface area contributed by atoms with Gasteiger partial charge in [0.15, 0.2) is 0 Å². The van der Waals surface area contributed by atoms with E-state index in [1.54, 1.807) is 20.8 Å². The van der Waals surface area contributed by atoms with Crippen LogP contribution in [-0.4, -0.2) is 54.3 Å². The van der Waals surface area contributed by atoms with E-state index in [1.165, 1.54) is 0 Å². The number of hydrogen-bond donors (Lipinski definition) is 3. The molecular weight excluding hydrogens is 400 g/mol. The molecule has 1 aromatic rings. The summed E-state index contributed by atoms with van der Waals surface area (Å²) in [7, 11) is 0. The maximum Gasteiger partial charge on any atom is 0.407 e. The number of ether oxygens (including phenoxy) is 3. The zero-order chi connectivity index (χ0) is 23.5. The Labute approximate surface area is 185 Å². The Kier molecular flexibility index (Phi) is 10.6. The van der Waals surface area contributed by atoms with E-state index < -0.39 is 29.5 Å². The first-order chi connectivity index (χ1) is 14.3. The fourth-order valence-corrected chi connectivity index (χ4v) is 2.48. The molecule has 8 heteroatoms. The normalized spacial score (nSPS) is 12.6. The first kappa shape index (κ1) is 26.6. The Morgan fingerprint density at radius 2 is 1.45 bits per heavy atom. The molecular formula is C23H38N2O6. The molecule has 1 rings (SSSR count). The zero-order valence-electron chi connectivity index (χ0n) is 19.6. The number of hydrogen-bond acceptors (Lipinski definition) is 6.